The summed E-state index contributed by atoms with van der Waals surface area (Å²) in [4.78, 5) is 0. The molecule has 0 bridgehead atoms. The first-order chi connectivity index (χ1) is 5.73. The van der Waals surface area contributed by atoms with Crippen molar-refractivity contribution in [3.63, 3.8) is 0 Å². The summed E-state index contributed by atoms with van der Waals surface area (Å²) in [5.74, 6) is 1.95. The van der Waals surface area contributed by atoms with Crippen LogP contribution in [0.4, 0.5) is 0 Å². The van der Waals surface area contributed by atoms with Crippen molar-refractivity contribution >= 4 is 0 Å². The monoisotopic (exact) mass is 164 g/mol. The maximum absolute atomic E-state index is 2.47. The van der Waals surface area contributed by atoms with E-state index in [0.29, 0.717) is 5.41 Å². The average Bonchev–Trinajstić information content (AvgIpc) is 2.51. The van der Waals surface area contributed by atoms with Gasteiger partial charge in [0.25, 0.3) is 0 Å². The lowest BCUT2D eigenvalue weighted by Crippen LogP contribution is -2.28. The molecule has 2 aliphatic carbocycles. The average molecular weight is 164 g/mol. The van der Waals surface area contributed by atoms with E-state index in [0.717, 1.165) is 11.8 Å². The molecule has 0 saturated heterocycles. The van der Waals surface area contributed by atoms with Crippen molar-refractivity contribution in [2.24, 2.45) is 17.3 Å². The van der Waals surface area contributed by atoms with Gasteiger partial charge in [0.05, 0.1) is 0 Å². The highest BCUT2D eigenvalue weighted by Gasteiger charge is 2.36. The van der Waals surface area contributed by atoms with Crippen LogP contribution >= 0.6 is 0 Å². The van der Waals surface area contributed by atoms with E-state index in [1.54, 1.807) is 0 Å². The zero-order valence-electron chi connectivity index (χ0n) is 8.34. The van der Waals surface area contributed by atoms with Crippen molar-refractivity contribution in [2.75, 3.05) is 0 Å². The minimum absolute atomic E-state index is 0.674. The van der Waals surface area contributed by atoms with Crippen LogP contribution < -0.4 is 0 Å². The standard InChI is InChI=1S/C12H20/c1-3-12(2)8-7-10-5-4-6-11(10)9-12/h4-5,10-11H,3,6-9H2,1-2H3. The Labute approximate surface area is 76.1 Å². The third-order valence-electron chi connectivity index (χ3n) is 4.12. The summed E-state index contributed by atoms with van der Waals surface area (Å²) < 4.78 is 0. The third-order valence-corrected chi connectivity index (χ3v) is 4.12. The zero-order valence-corrected chi connectivity index (χ0v) is 8.34. The molecule has 2 rings (SSSR count). The van der Waals surface area contributed by atoms with Gasteiger partial charge in [-0.15, -0.1) is 0 Å². The Balaban J connectivity index is 2.03. The Morgan fingerprint density at radius 1 is 1.50 bits per heavy atom. The van der Waals surface area contributed by atoms with Gasteiger partial charge in [0.15, 0.2) is 0 Å². The van der Waals surface area contributed by atoms with E-state index < -0.39 is 0 Å². The fourth-order valence-electron chi connectivity index (χ4n) is 2.90. The van der Waals surface area contributed by atoms with Crippen LogP contribution in [-0.4, -0.2) is 0 Å². The quantitative estimate of drug-likeness (QED) is 0.517. The maximum Gasteiger partial charge on any atom is -0.0202 e. The van der Waals surface area contributed by atoms with Crippen molar-refractivity contribution in [3.8, 4) is 0 Å². The normalized spacial score (nSPS) is 46.2. The van der Waals surface area contributed by atoms with Crippen LogP contribution in [0.5, 0.6) is 0 Å². The van der Waals surface area contributed by atoms with E-state index in [1.165, 1.54) is 32.1 Å². The lowest BCUT2D eigenvalue weighted by molar-refractivity contribution is 0.128. The predicted molar refractivity (Wildman–Crippen MR) is 53.0 cm³/mol. The van der Waals surface area contributed by atoms with E-state index in [9.17, 15) is 0 Å². The van der Waals surface area contributed by atoms with Crippen LogP contribution in [0.2, 0.25) is 0 Å². The lowest BCUT2D eigenvalue weighted by Gasteiger charge is -2.39. The van der Waals surface area contributed by atoms with Crippen LogP contribution in [0.3, 0.4) is 0 Å². The van der Waals surface area contributed by atoms with E-state index in [4.69, 9.17) is 0 Å². The van der Waals surface area contributed by atoms with E-state index in [1.807, 2.05) is 0 Å². The molecule has 0 amide bonds. The van der Waals surface area contributed by atoms with Gasteiger partial charge < -0.3 is 0 Å². The van der Waals surface area contributed by atoms with Crippen LogP contribution in [0, 0.1) is 17.3 Å². The Morgan fingerprint density at radius 2 is 2.33 bits per heavy atom. The van der Waals surface area contributed by atoms with Crippen LogP contribution in [0.25, 0.3) is 0 Å². The molecule has 0 radical (unpaired) electrons. The summed E-state index contributed by atoms with van der Waals surface area (Å²) in [6.07, 6.45) is 12.0. The van der Waals surface area contributed by atoms with Crippen LogP contribution in [-0.2, 0) is 0 Å². The molecule has 0 aromatic rings. The Morgan fingerprint density at radius 3 is 3.08 bits per heavy atom. The first-order valence-corrected chi connectivity index (χ1v) is 5.40. The molecule has 12 heavy (non-hydrogen) atoms. The minimum Gasteiger partial charge on any atom is -0.0880 e. The minimum atomic E-state index is 0.674. The molecule has 0 aromatic heterocycles. The van der Waals surface area contributed by atoms with Gasteiger partial charge in [-0.05, 0) is 42.9 Å². The first-order valence-electron chi connectivity index (χ1n) is 5.40. The van der Waals surface area contributed by atoms with Crippen molar-refractivity contribution < 1.29 is 0 Å². The van der Waals surface area contributed by atoms with Gasteiger partial charge in [0, 0.05) is 0 Å². The number of fused-ring (bicyclic) bond motifs is 1. The van der Waals surface area contributed by atoms with E-state index in [-0.39, 0.29) is 0 Å². The molecule has 0 spiro atoms. The lowest BCUT2D eigenvalue weighted by atomic mass is 9.66. The van der Waals surface area contributed by atoms with Gasteiger partial charge in [-0.25, -0.2) is 0 Å². The second-order valence-corrected chi connectivity index (χ2v) is 4.99. The summed E-state index contributed by atoms with van der Waals surface area (Å²) in [5.41, 5.74) is 0.674. The maximum atomic E-state index is 2.47. The van der Waals surface area contributed by atoms with Crippen LogP contribution in [0.15, 0.2) is 12.2 Å². The molecular weight excluding hydrogens is 144 g/mol. The largest absolute Gasteiger partial charge is 0.0880 e. The molecule has 0 heteroatoms. The summed E-state index contributed by atoms with van der Waals surface area (Å²) >= 11 is 0. The number of rotatable bonds is 1. The second kappa shape index (κ2) is 2.90. The third kappa shape index (κ3) is 1.32. The Kier molecular flexibility index (Phi) is 2.02. The molecule has 0 heterocycles. The Bertz CT molecular complexity index is 192. The molecule has 3 atom stereocenters. The summed E-state index contributed by atoms with van der Waals surface area (Å²) in [6, 6.07) is 0. The van der Waals surface area contributed by atoms with E-state index in [2.05, 4.69) is 26.0 Å². The van der Waals surface area contributed by atoms with Gasteiger partial charge in [-0.1, -0.05) is 32.4 Å². The van der Waals surface area contributed by atoms with E-state index >= 15 is 0 Å². The van der Waals surface area contributed by atoms with Gasteiger partial charge in [0.2, 0.25) is 0 Å². The summed E-state index contributed by atoms with van der Waals surface area (Å²) in [6.45, 7) is 4.82. The molecular formula is C12H20. The van der Waals surface area contributed by atoms with Crippen molar-refractivity contribution in [3.05, 3.63) is 12.2 Å². The molecule has 1 fully saturated rings. The molecule has 68 valence electrons. The fourth-order valence-corrected chi connectivity index (χ4v) is 2.90. The summed E-state index contributed by atoms with van der Waals surface area (Å²) in [5, 5.41) is 0. The van der Waals surface area contributed by atoms with Crippen molar-refractivity contribution in [2.45, 2.75) is 46.0 Å². The first kappa shape index (κ1) is 8.34. The molecule has 1 saturated carbocycles. The molecule has 3 unspecified atom stereocenters. The van der Waals surface area contributed by atoms with Gasteiger partial charge in [0.1, 0.15) is 0 Å². The highest BCUT2D eigenvalue weighted by molar-refractivity contribution is 5.05. The molecule has 0 N–H and O–H groups in total. The van der Waals surface area contributed by atoms with Gasteiger partial charge in [-0.2, -0.15) is 0 Å². The topological polar surface area (TPSA) is 0 Å². The predicted octanol–water partition coefficient (Wildman–Crippen LogP) is 3.78. The molecule has 0 aliphatic heterocycles. The smallest absolute Gasteiger partial charge is 0.0202 e. The zero-order chi connectivity index (χ0) is 8.60. The number of allylic oxidation sites excluding steroid dienone is 2. The fraction of sp³-hybridized carbons (Fsp3) is 0.833. The van der Waals surface area contributed by atoms with Crippen molar-refractivity contribution in [1.82, 2.24) is 0 Å². The Hall–Kier alpha value is -0.260. The van der Waals surface area contributed by atoms with Crippen molar-refractivity contribution in [1.29, 1.82) is 0 Å². The summed E-state index contributed by atoms with van der Waals surface area (Å²) in [7, 11) is 0. The SMILES string of the molecule is CCC1(C)CCC2C=CCC2C1. The second-order valence-electron chi connectivity index (χ2n) is 4.99. The number of hydrogen-bond acceptors (Lipinski definition) is 0. The highest BCUT2D eigenvalue weighted by Crippen LogP contribution is 2.48. The number of hydrogen-bond donors (Lipinski definition) is 0. The van der Waals surface area contributed by atoms with Gasteiger partial charge >= 0.3 is 0 Å². The molecule has 2 aliphatic rings. The van der Waals surface area contributed by atoms with Gasteiger partial charge in [-0.3, -0.25) is 0 Å². The van der Waals surface area contributed by atoms with Crippen LogP contribution in [0.1, 0.15) is 46.0 Å². The molecule has 0 aromatic carbocycles. The molecule has 0 nitrogen and oxygen atoms in total. The highest BCUT2D eigenvalue weighted by atomic mass is 14.4.